The molecule has 0 spiro atoms. The number of rotatable bonds is 2. The third kappa shape index (κ3) is 2.37. The molecule has 0 saturated carbocycles. The molecular formula is C13H7ClF2N4. The molecule has 100 valence electrons. The highest BCUT2D eigenvalue weighted by Crippen LogP contribution is 2.25. The van der Waals surface area contributed by atoms with Crippen molar-refractivity contribution in [2.75, 3.05) is 5.32 Å². The summed E-state index contributed by atoms with van der Waals surface area (Å²) in [5.41, 5.74) is 1.03. The summed E-state index contributed by atoms with van der Waals surface area (Å²) in [6.07, 6.45) is 2.64. The first kappa shape index (κ1) is 12.7. The van der Waals surface area contributed by atoms with Gasteiger partial charge < -0.3 is 5.32 Å². The van der Waals surface area contributed by atoms with Crippen LogP contribution < -0.4 is 5.32 Å². The molecule has 2 aromatic heterocycles. The van der Waals surface area contributed by atoms with Crippen LogP contribution in [-0.4, -0.2) is 15.0 Å². The number of aromatic nitrogens is 3. The lowest BCUT2D eigenvalue weighted by atomic mass is 10.2. The lowest BCUT2D eigenvalue weighted by Crippen LogP contribution is -1.97. The molecule has 20 heavy (non-hydrogen) atoms. The Hall–Kier alpha value is -2.34. The van der Waals surface area contributed by atoms with Crippen molar-refractivity contribution in [2.24, 2.45) is 0 Å². The number of nitrogens with one attached hydrogen (secondary N) is 1. The van der Waals surface area contributed by atoms with Gasteiger partial charge in [0.1, 0.15) is 18.0 Å². The average molecular weight is 293 g/mol. The highest BCUT2D eigenvalue weighted by molar-refractivity contribution is 6.31. The highest BCUT2D eigenvalue weighted by atomic mass is 35.5. The van der Waals surface area contributed by atoms with Crippen molar-refractivity contribution < 1.29 is 8.78 Å². The lowest BCUT2D eigenvalue weighted by Gasteiger charge is -2.08. The van der Waals surface area contributed by atoms with Gasteiger partial charge in [-0.05, 0) is 18.2 Å². The second kappa shape index (κ2) is 4.97. The van der Waals surface area contributed by atoms with Crippen LogP contribution in [0, 0.1) is 11.8 Å². The van der Waals surface area contributed by atoms with Gasteiger partial charge in [0.15, 0.2) is 0 Å². The van der Waals surface area contributed by atoms with Crippen LogP contribution in [0.25, 0.3) is 10.9 Å². The maximum absolute atomic E-state index is 13.2. The normalized spacial score (nSPS) is 10.8. The van der Waals surface area contributed by atoms with Crippen molar-refractivity contribution >= 4 is 34.0 Å². The monoisotopic (exact) mass is 292 g/mol. The Bertz CT molecular complexity index is 794. The molecule has 7 heteroatoms. The zero-order valence-electron chi connectivity index (χ0n) is 9.94. The van der Waals surface area contributed by atoms with Crippen LogP contribution in [0.3, 0.4) is 0 Å². The van der Waals surface area contributed by atoms with Crippen LogP contribution in [0.2, 0.25) is 5.02 Å². The molecular weight excluding hydrogens is 286 g/mol. The molecule has 1 N–H and O–H groups in total. The van der Waals surface area contributed by atoms with Crippen LogP contribution in [0.1, 0.15) is 0 Å². The van der Waals surface area contributed by atoms with E-state index in [0.29, 0.717) is 22.4 Å². The Morgan fingerprint density at radius 2 is 1.90 bits per heavy atom. The van der Waals surface area contributed by atoms with Crippen LogP contribution >= 0.6 is 11.6 Å². The zero-order chi connectivity index (χ0) is 14.1. The number of benzene rings is 1. The second-order valence-corrected chi connectivity index (χ2v) is 4.41. The van der Waals surface area contributed by atoms with Crippen molar-refractivity contribution in [3.63, 3.8) is 0 Å². The molecule has 2 heterocycles. The fourth-order valence-electron chi connectivity index (χ4n) is 1.74. The van der Waals surface area contributed by atoms with Gasteiger partial charge in [-0.3, -0.25) is 0 Å². The van der Waals surface area contributed by atoms with Crippen molar-refractivity contribution in [1.29, 1.82) is 0 Å². The van der Waals surface area contributed by atoms with Crippen LogP contribution in [0.15, 0.2) is 36.8 Å². The zero-order valence-corrected chi connectivity index (χ0v) is 10.7. The van der Waals surface area contributed by atoms with Crippen molar-refractivity contribution in [3.8, 4) is 0 Å². The van der Waals surface area contributed by atoms with E-state index in [1.165, 1.54) is 36.8 Å². The van der Waals surface area contributed by atoms with Gasteiger partial charge in [-0.2, -0.15) is 4.39 Å². The number of pyridine rings is 1. The van der Waals surface area contributed by atoms with E-state index in [1.54, 1.807) is 0 Å². The Labute approximate surface area is 117 Å². The molecule has 3 aromatic rings. The largest absolute Gasteiger partial charge is 0.340 e. The summed E-state index contributed by atoms with van der Waals surface area (Å²) in [6.45, 7) is 0. The fourth-order valence-corrected chi connectivity index (χ4v) is 1.92. The molecule has 0 bridgehead atoms. The predicted molar refractivity (Wildman–Crippen MR) is 72.0 cm³/mol. The van der Waals surface area contributed by atoms with Gasteiger partial charge in [-0.25, -0.2) is 19.3 Å². The summed E-state index contributed by atoms with van der Waals surface area (Å²) in [6, 6.07) is 5.38. The second-order valence-electron chi connectivity index (χ2n) is 4.00. The molecule has 0 aliphatic carbocycles. The molecule has 0 radical (unpaired) electrons. The fraction of sp³-hybridized carbons (Fsp3) is 0. The first-order chi connectivity index (χ1) is 9.63. The van der Waals surface area contributed by atoms with Gasteiger partial charge in [-0.15, -0.1) is 0 Å². The summed E-state index contributed by atoms with van der Waals surface area (Å²) < 4.78 is 26.3. The minimum atomic E-state index is -0.632. The van der Waals surface area contributed by atoms with E-state index in [4.69, 9.17) is 11.6 Å². The number of anilines is 2. The van der Waals surface area contributed by atoms with E-state index in [9.17, 15) is 8.78 Å². The van der Waals surface area contributed by atoms with Crippen LogP contribution in [0.5, 0.6) is 0 Å². The molecule has 0 amide bonds. The molecule has 0 saturated heterocycles. The number of hydrogen-bond acceptors (Lipinski definition) is 4. The smallest absolute Gasteiger partial charge is 0.213 e. The lowest BCUT2D eigenvalue weighted by molar-refractivity contribution is 0.586. The summed E-state index contributed by atoms with van der Waals surface area (Å²) in [4.78, 5) is 11.6. The van der Waals surface area contributed by atoms with Crippen LogP contribution in [0.4, 0.5) is 20.3 Å². The van der Waals surface area contributed by atoms with Gasteiger partial charge in [-0.1, -0.05) is 11.6 Å². The van der Waals surface area contributed by atoms with Gasteiger partial charge in [0.2, 0.25) is 5.95 Å². The van der Waals surface area contributed by atoms with E-state index in [-0.39, 0.29) is 5.02 Å². The average Bonchev–Trinajstić information content (AvgIpc) is 2.44. The van der Waals surface area contributed by atoms with Crippen LogP contribution in [-0.2, 0) is 0 Å². The Kier molecular flexibility index (Phi) is 3.15. The SMILES string of the molecule is Fc1cc2c(Nc3ccc(F)c(Cl)c3)ncnc2cn1. The standard InChI is InChI=1S/C13H7ClF2N4/c14-9-3-7(1-2-10(9)15)20-13-8-4-12(16)17-5-11(8)18-6-19-13/h1-6H,(H,18,19,20). The molecule has 0 aliphatic rings. The Balaban J connectivity index is 2.05. The van der Waals surface area contributed by atoms with Crippen molar-refractivity contribution in [1.82, 2.24) is 15.0 Å². The van der Waals surface area contributed by atoms with Gasteiger partial charge in [0, 0.05) is 17.1 Å². The number of halogens is 3. The summed E-state index contributed by atoms with van der Waals surface area (Å²) in [5, 5.41) is 3.41. The molecule has 0 aliphatic heterocycles. The Morgan fingerprint density at radius 3 is 2.70 bits per heavy atom. The summed E-state index contributed by atoms with van der Waals surface area (Å²) in [5.74, 6) is -0.758. The quantitative estimate of drug-likeness (QED) is 0.732. The first-order valence-electron chi connectivity index (χ1n) is 5.62. The number of fused-ring (bicyclic) bond motifs is 1. The summed E-state index contributed by atoms with van der Waals surface area (Å²) in [7, 11) is 0. The maximum Gasteiger partial charge on any atom is 0.213 e. The molecule has 3 rings (SSSR count). The molecule has 0 atom stereocenters. The minimum Gasteiger partial charge on any atom is -0.340 e. The van der Waals surface area contributed by atoms with E-state index < -0.39 is 11.8 Å². The minimum absolute atomic E-state index is 0.0128. The third-order valence-electron chi connectivity index (χ3n) is 2.67. The maximum atomic E-state index is 13.2. The number of hydrogen-bond donors (Lipinski definition) is 1. The number of nitrogens with zero attached hydrogens (tertiary/aromatic N) is 3. The highest BCUT2D eigenvalue weighted by Gasteiger charge is 2.07. The van der Waals surface area contributed by atoms with E-state index in [2.05, 4.69) is 20.3 Å². The van der Waals surface area contributed by atoms with Gasteiger partial charge >= 0.3 is 0 Å². The van der Waals surface area contributed by atoms with Crippen molar-refractivity contribution in [2.45, 2.75) is 0 Å². The van der Waals surface area contributed by atoms with E-state index >= 15 is 0 Å². The topological polar surface area (TPSA) is 50.7 Å². The molecule has 1 aromatic carbocycles. The van der Waals surface area contributed by atoms with E-state index in [0.717, 1.165) is 0 Å². The molecule has 0 unspecified atom stereocenters. The Morgan fingerprint density at radius 1 is 1.05 bits per heavy atom. The third-order valence-corrected chi connectivity index (χ3v) is 2.96. The molecule has 4 nitrogen and oxygen atoms in total. The predicted octanol–water partition coefficient (Wildman–Crippen LogP) is 3.70. The van der Waals surface area contributed by atoms with Gasteiger partial charge in [0.25, 0.3) is 0 Å². The van der Waals surface area contributed by atoms with E-state index in [1.807, 2.05) is 0 Å². The molecule has 0 fully saturated rings. The van der Waals surface area contributed by atoms with Crippen molar-refractivity contribution in [3.05, 3.63) is 53.6 Å². The first-order valence-corrected chi connectivity index (χ1v) is 5.99. The summed E-state index contributed by atoms with van der Waals surface area (Å²) >= 11 is 5.71. The van der Waals surface area contributed by atoms with Gasteiger partial charge in [0.05, 0.1) is 16.7 Å².